The predicted molar refractivity (Wildman–Crippen MR) is 68.0 cm³/mol. The van der Waals surface area contributed by atoms with E-state index in [0.29, 0.717) is 26.6 Å². The summed E-state index contributed by atoms with van der Waals surface area (Å²) in [6, 6.07) is 12.1. The van der Waals surface area contributed by atoms with Gasteiger partial charge in [-0.2, -0.15) is 0 Å². The Labute approximate surface area is 109 Å². The highest BCUT2D eigenvalue weighted by Gasteiger charge is 2.01. The molecule has 2 rings (SSSR count). The minimum Gasteiger partial charge on any atom is -0.457 e. The van der Waals surface area contributed by atoms with Crippen molar-refractivity contribution in [2.75, 3.05) is 0 Å². The van der Waals surface area contributed by atoms with E-state index in [2.05, 4.69) is 0 Å². The van der Waals surface area contributed by atoms with Crippen molar-refractivity contribution in [3.8, 4) is 11.5 Å². The van der Waals surface area contributed by atoms with Crippen molar-refractivity contribution in [1.82, 2.24) is 0 Å². The van der Waals surface area contributed by atoms with Gasteiger partial charge in [0.25, 0.3) is 0 Å². The van der Waals surface area contributed by atoms with Gasteiger partial charge in [-0.15, -0.1) is 0 Å². The second-order valence-electron chi connectivity index (χ2n) is 3.16. The molecule has 4 heteroatoms. The Morgan fingerprint density at radius 1 is 0.688 bits per heavy atom. The Morgan fingerprint density at radius 2 is 1.31 bits per heavy atom. The molecule has 0 aliphatic carbocycles. The SMILES string of the molecule is Clc1cccc(Oc2cc(Cl)cc(Cl)c2)c1. The molecule has 0 bridgehead atoms. The van der Waals surface area contributed by atoms with Crippen molar-refractivity contribution < 1.29 is 4.74 Å². The summed E-state index contributed by atoms with van der Waals surface area (Å²) >= 11 is 17.6. The van der Waals surface area contributed by atoms with Crippen LogP contribution in [0, 0.1) is 0 Å². The van der Waals surface area contributed by atoms with Gasteiger partial charge in [-0.1, -0.05) is 40.9 Å². The van der Waals surface area contributed by atoms with E-state index in [-0.39, 0.29) is 0 Å². The highest BCUT2D eigenvalue weighted by Crippen LogP contribution is 2.29. The lowest BCUT2D eigenvalue weighted by atomic mass is 10.3. The highest BCUT2D eigenvalue weighted by atomic mass is 35.5. The number of rotatable bonds is 2. The molecule has 0 unspecified atom stereocenters. The van der Waals surface area contributed by atoms with Crippen LogP contribution in [0.4, 0.5) is 0 Å². The summed E-state index contributed by atoms with van der Waals surface area (Å²) in [6.07, 6.45) is 0. The van der Waals surface area contributed by atoms with Crippen LogP contribution in [0.15, 0.2) is 42.5 Å². The summed E-state index contributed by atoms with van der Waals surface area (Å²) < 4.78 is 5.57. The first-order valence-corrected chi connectivity index (χ1v) is 5.66. The molecule has 0 radical (unpaired) electrons. The molecule has 16 heavy (non-hydrogen) atoms. The van der Waals surface area contributed by atoms with Crippen LogP contribution in [-0.4, -0.2) is 0 Å². The Morgan fingerprint density at radius 3 is 1.94 bits per heavy atom. The van der Waals surface area contributed by atoms with E-state index in [9.17, 15) is 0 Å². The Kier molecular flexibility index (Phi) is 3.59. The molecule has 0 heterocycles. The minimum atomic E-state index is 0.532. The zero-order valence-corrected chi connectivity index (χ0v) is 10.4. The third-order valence-electron chi connectivity index (χ3n) is 1.87. The van der Waals surface area contributed by atoms with E-state index in [0.717, 1.165) is 0 Å². The van der Waals surface area contributed by atoms with Gasteiger partial charge in [0.05, 0.1) is 0 Å². The lowest BCUT2D eigenvalue weighted by molar-refractivity contribution is 0.483. The van der Waals surface area contributed by atoms with Gasteiger partial charge in [0.2, 0.25) is 0 Å². The molecule has 1 nitrogen and oxygen atoms in total. The van der Waals surface area contributed by atoms with Gasteiger partial charge in [0.1, 0.15) is 11.5 Å². The largest absolute Gasteiger partial charge is 0.457 e. The molecule has 0 atom stereocenters. The van der Waals surface area contributed by atoms with Gasteiger partial charge in [-0.25, -0.2) is 0 Å². The van der Waals surface area contributed by atoms with E-state index >= 15 is 0 Å². The molecular formula is C12H7Cl3O. The van der Waals surface area contributed by atoms with Gasteiger partial charge in [-0.05, 0) is 36.4 Å². The average Bonchev–Trinajstić information content (AvgIpc) is 2.15. The van der Waals surface area contributed by atoms with Crippen LogP contribution >= 0.6 is 34.8 Å². The van der Waals surface area contributed by atoms with Crippen LogP contribution in [0.1, 0.15) is 0 Å². The summed E-state index contributed by atoms with van der Waals surface area (Å²) in [6.45, 7) is 0. The first kappa shape index (κ1) is 11.6. The van der Waals surface area contributed by atoms with E-state index in [1.807, 2.05) is 6.07 Å². The van der Waals surface area contributed by atoms with E-state index in [4.69, 9.17) is 39.5 Å². The maximum Gasteiger partial charge on any atom is 0.130 e. The van der Waals surface area contributed by atoms with Gasteiger partial charge in [-0.3, -0.25) is 0 Å². The molecule has 0 saturated heterocycles. The summed E-state index contributed by atoms with van der Waals surface area (Å²) in [5.41, 5.74) is 0. The molecule has 0 fully saturated rings. The van der Waals surface area contributed by atoms with Gasteiger partial charge in [0.15, 0.2) is 0 Å². The zero-order chi connectivity index (χ0) is 11.5. The maximum atomic E-state index is 5.86. The molecule has 0 aromatic heterocycles. The Hall–Kier alpha value is -0.890. The smallest absolute Gasteiger partial charge is 0.130 e. The van der Waals surface area contributed by atoms with E-state index < -0.39 is 0 Å². The Bertz CT molecular complexity index is 491. The van der Waals surface area contributed by atoms with Crippen LogP contribution in [-0.2, 0) is 0 Å². The summed E-state index contributed by atoms with van der Waals surface area (Å²) in [5, 5.41) is 1.68. The summed E-state index contributed by atoms with van der Waals surface area (Å²) in [7, 11) is 0. The number of hydrogen-bond donors (Lipinski definition) is 0. The fourth-order valence-corrected chi connectivity index (χ4v) is 1.94. The van der Waals surface area contributed by atoms with Gasteiger partial charge < -0.3 is 4.74 Å². The number of halogens is 3. The standard InChI is InChI=1S/C12H7Cl3O/c13-8-2-1-3-11(5-8)16-12-6-9(14)4-10(15)7-12/h1-7H. The Balaban J connectivity index is 2.27. The molecule has 0 amide bonds. The number of hydrogen-bond acceptors (Lipinski definition) is 1. The molecule has 0 aliphatic heterocycles. The topological polar surface area (TPSA) is 9.23 Å². The van der Waals surface area contributed by atoms with Crippen molar-refractivity contribution in [3.63, 3.8) is 0 Å². The van der Waals surface area contributed by atoms with E-state index in [1.165, 1.54) is 0 Å². The fraction of sp³-hybridized carbons (Fsp3) is 0. The van der Waals surface area contributed by atoms with Gasteiger partial charge in [0, 0.05) is 15.1 Å². The minimum absolute atomic E-state index is 0.532. The molecule has 0 aliphatic rings. The molecule has 2 aromatic carbocycles. The third kappa shape index (κ3) is 3.05. The van der Waals surface area contributed by atoms with Crippen molar-refractivity contribution >= 4 is 34.8 Å². The highest BCUT2D eigenvalue weighted by molar-refractivity contribution is 6.34. The zero-order valence-electron chi connectivity index (χ0n) is 8.08. The second kappa shape index (κ2) is 4.96. The first-order valence-electron chi connectivity index (χ1n) is 4.53. The second-order valence-corrected chi connectivity index (χ2v) is 4.47. The number of benzene rings is 2. The lowest BCUT2D eigenvalue weighted by Crippen LogP contribution is -1.84. The predicted octanol–water partition coefficient (Wildman–Crippen LogP) is 5.44. The number of ether oxygens (including phenoxy) is 1. The van der Waals surface area contributed by atoms with Crippen LogP contribution in [0.25, 0.3) is 0 Å². The molecule has 82 valence electrons. The fourth-order valence-electron chi connectivity index (χ4n) is 1.25. The van der Waals surface area contributed by atoms with E-state index in [1.54, 1.807) is 36.4 Å². The first-order chi connectivity index (χ1) is 7.63. The maximum absolute atomic E-state index is 5.86. The molecular weight excluding hydrogens is 266 g/mol. The monoisotopic (exact) mass is 272 g/mol. The molecule has 0 saturated carbocycles. The van der Waals surface area contributed by atoms with Gasteiger partial charge >= 0.3 is 0 Å². The van der Waals surface area contributed by atoms with Crippen LogP contribution in [0.5, 0.6) is 11.5 Å². The summed E-state index contributed by atoms with van der Waals surface area (Å²) in [4.78, 5) is 0. The van der Waals surface area contributed by atoms with Crippen LogP contribution in [0.3, 0.4) is 0 Å². The third-order valence-corrected chi connectivity index (χ3v) is 2.54. The lowest BCUT2D eigenvalue weighted by Gasteiger charge is -2.06. The molecule has 0 N–H and O–H groups in total. The van der Waals surface area contributed by atoms with Crippen molar-refractivity contribution in [2.45, 2.75) is 0 Å². The van der Waals surface area contributed by atoms with Crippen molar-refractivity contribution in [3.05, 3.63) is 57.5 Å². The molecule has 2 aromatic rings. The normalized spacial score (nSPS) is 10.2. The van der Waals surface area contributed by atoms with Crippen LogP contribution < -0.4 is 4.74 Å². The quantitative estimate of drug-likeness (QED) is 0.708. The van der Waals surface area contributed by atoms with Crippen molar-refractivity contribution in [2.24, 2.45) is 0 Å². The van der Waals surface area contributed by atoms with Crippen molar-refractivity contribution in [1.29, 1.82) is 0 Å². The average molecular weight is 274 g/mol. The summed E-state index contributed by atoms with van der Waals surface area (Å²) in [5.74, 6) is 1.23. The van der Waals surface area contributed by atoms with Crippen LogP contribution in [0.2, 0.25) is 15.1 Å². The molecule has 0 spiro atoms.